The molecule has 0 radical (unpaired) electrons. The normalized spacial score (nSPS) is 11.0. The Bertz CT molecular complexity index is 1020. The van der Waals surface area contributed by atoms with Crippen molar-refractivity contribution in [2.45, 2.75) is 34.1 Å². The molecule has 0 fully saturated rings. The average Bonchev–Trinajstić information content (AvgIpc) is 3.23. The minimum absolute atomic E-state index is 0.138. The summed E-state index contributed by atoms with van der Waals surface area (Å²) in [4.78, 5) is 23.7. The predicted octanol–water partition coefficient (Wildman–Crippen LogP) is 5.70. The van der Waals surface area contributed by atoms with Crippen LogP contribution in [-0.2, 0) is 4.74 Å². The minimum atomic E-state index is -0.138. The van der Waals surface area contributed by atoms with Crippen LogP contribution in [0.4, 0.5) is 0 Å². The highest BCUT2D eigenvalue weighted by atomic mass is 32.1. The maximum absolute atomic E-state index is 12.0. The predicted molar refractivity (Wildman–Crippen MR) is 119 cm³/mol. The van der Waals surface area contributed by atoms with Gasteiger partial charge < -0.3 is 14.7 Å². The highest BCUT2D eigenvalue weighted by Crippen LogP contribution is 2.35. The van der Waals surface area contributed by atoms with Crippen molar-refractivity contribution in [1.82, 2.24) is 15.0 Å². The lowest BCUT2D eigenvalue weighted by molar-refractivity contribution is 0.311. The lowest BCUT2D eigenvalue weighted by Crippen LogP contribution is -2.06. The number of aromatic nitrogens is 3. The van der Waals surface area contributed by atoms with E-state index in [1.807, 2.05) is 26.1 Å². The molecule has 0 saturated heterocycles. The molecule has 148 valence electrons. The molecular formula is C22H27N3O2S. The summed E-state index contributed by atoms with van der Waals surface area (Å²) in [5, 5.41) is 0.707. The van der Waals surface area contributed by atoms with Gasteiger partial charge in [-0.2, -0.15) is 0 Å². The number of hydrogen-bond donors (Lipinski definition) is 2. The van der Waals surface area contributed by atoms with Crippen LogP contribution in [0.3, 0.4) is 0 Å². The number of hydrogen-bond acceptors (Lipinski definition) is 4. The average molecular weight is 398 g/mol. The molecule has 5 nitrogen and oxygen atoms in total. The van der Waals surface area contributed by atoms with Crippen molar-refractivity contribution in [3.63, 3.8) is 0 Å². The van der Waals surface area contributed by atoms with Gasteiger partial charge in [-0.3, -0.25) is 4.79 Å². The van der Waals surface area contributed by atoms with Crippen molar-refractivity contribution in [2.24, 2.45) is 0 Å². The van der Waals surface area contributed by atoms with Crippen molar-refractivity contribution in [3.8, 4) is 21.8 Å². The van der Waals surface area contributed by atoms with E-state index in [0.29, 0.717) is 16.3 Å². The molecular weight excluding hydrogens is 370 g/mol. The third kappa shape index (κ3) is 4.70. The maximum Gasteiger partial charge on any atom is 0.258 e. The number of H-pyrrole nitrogens is 2. The first-order valence-corrected chi connectivity index (χ1v) is 10.00. The largest absolute Gasteiger partial charge is 0.497 e. The number of aromatic amines is 2. The van der Waals surface area contributed by atoms with E-state index in [9.17, 15) is 4.79 Å². The molecule has 28 heavy (non-hydrogen) atoms. The van der Waals surface area contributed by atoms with Gasteiger partial charge >= 0.3 is 0 Å². The first-order chi connectivity index (χ1) is 13.5. The van der Waals surface area contributed by atoms with Crippen LogP contribution in [0.25, 0.3) is 27.9 Å². The van der Waals surface area contributed by atoms with E-state index in [2.05, 4.69) is 30.4 Å². The molecule has 0 unspecified atom stereocenters. The smallest absolute Gasteiger partial charge is 0.258 e. The zero-order valence-electron chi connectivity index (χ0n) is 17.1. The Kier molecular flexibility index (Phi) is 7.58. The summed E-state index contributed by atoms with van der Waals surface area (Å²) in [7, 11) is 1.61. The maximum atomic E-state index is 12.0. The number of rotatable bonds is 5. The zero-order chi connectivity index (χ0) is 20.7. The second kappa shape index (κ2) is 9.90. The Labute approximate surface area is 169 Å². The van der Waals surface area contributed by atoms with Crippen molar-refractivity contribution >= 4 is 17.4 Å². The van der Waals surface area contributed by atoms with Crippen molar-refractivity contribution in [3.05, 3.63) is 69.4 Å². The van der Waals surface area contributed by atoms with E-state index in [0.717, 1.165) is 27.4 Å². The van der Waals surface area contributed by atoms with Crippen LogP contribution >= 0.6 is 11.3 Å². The third-order valence-corrected chi connectivity index (χ3v) is 4.96. The molecule has 0 aromatic carbocycles. The van der Waals surface area contributed by atoms with Gasteiger partial charge in [-0.25, -0.2) is 4.98 Å². The molecule has 0 amide bonds. The topological polar surface area (TPSA) is 70.8 Å². The highest BCUT2D eigenvalue weighted by Gasteiger charge is 2.17. The summed E-state index contributed by atoms with van der Waals surface area (Å²) < 4.78 is 5.31. The van der Waals surface area contributed by atoms with Gasteiger partial charge in [-0.1, -0.05) is 26.8 Å². The number of aryl methyl sites for hydroxylation is 2. The first kappa shape index (κ1) is 21.4. The molecule has 0 aliphatic rings. The molecule has 0 spiro atoms. The van der Waals surface area contributed by atoms with Crippen LogP contribution in [0.2, 0.25) is 0 Å². The molecule has 0 atom stereocenters. The molecule has 0 bridgehead atoms. The van der Waals surface area contributed by atoms with Crippen LogP contribution < -0.4 is 5.56 Å². The van der Waals surface area contributed by atoms with Gasteiger partial charge in [0.15, 0.2) is 0 Å². The Morgan fingerprint density at radius 3 is 2.61 bits per heavy atom. The van der Waals surface area contributed by atoms with Crippen LogP contribution in [0.5, 0.6) is 0 Å². The van der Waals surface area contributed by atoms with E-state index in [1.165, 1.54) is 17.8 Å². The summed E-state index contributed by atoms with van der Waals surface area (Å²) in [6, 6.07) is 3.58. The summed E-state index contributed by atoms with van der Waals surface area (Å²) >= 11 is 1.51. The molecule has 0 aliphatic carbocycles. The van der Waals surface area contributed by atoms with Crippen LogP contribution in [0.1, 0.15) is 36.4 Å². The number of allylic oxidation sites excluding steroid dienone is 1. The molecule has 0 aliphatic heterocycles. The van der Waals surface area contributed by atoms with E-state index >= 15 is 0 Å². The second-order valence-electron chi connectivity index (χ2n) is 6.24. The molecule has 3 heterocycles. The summed E-state index contributed by atoms with van der Waals surface area (Å²) in [6.07, 6.45) is 8.40. The summed E-state index contributed by atoms with van der Waals surface area (Å²) in [5.41, 5.74) is 4.28. The molecule has 2 N–H and O–H groups in total. The Morgan fingerprint density at radius 1 is 1.29 bits per heavy atom. The number of nitrogens with zero attached hydrogens (tertiary/aromatic N) is 1. The number of nitrogens with one attached hydrogen (secondary N) is 2. The van der Waals surface area contributed by atoms with Crippen LogP contribution in [0.15, 0.2) is 47.7 Å². The van der Waals surface area contributed by atoms with E-state index in [1.54, 1.807) is 31.5 Å². The fourth-order valence-electron chi connectivity index (χ4n) is 2.61. The number of thiazole rings is 1. The summed E-state index contributed by atoms with van der Waals surface area (Å²) in [5.74, 6) is 0.677. The van der Waals surface area contributed by atoms with Crippen molar-refractivity contribution in [2.75, 3.05) is 7.11 Å². The molecule has 3 rings (SSSR count). The monoisotopic (exact) mass is 397 g/mol. The van der Waals surface area contributed by atoms with E-state index < -0.39 is 0 Å². The minimum Gasteiger partial charge on any atom is -0.497 e. The van der Waals surface area contributed by atoms with E-state index in [4.69, 9.17) is 9.72 Å². The van der Waals surface area contributed by atoms with Gasteiger partial charge in [0.1, 0.15) is 10.8 Å². The van der Waals surface area contributed by atoms with Gasteiger partial charge in [0.05, 0.1) is 18.4 Å². The Hall–Kier alpha value is -2.86. The molecule has 3 aromatic rings. The number of methoxy groups -OCH3 is 1. The Morgan fingerprint density at radius 2 is 2.00 bits per heavy atom. The van der Waals surface area contributed by atoms with Crippen LogP contribution in [-0.4, -0.2) is 22.1 Å². The summed E-state index contributed by atoms with van der Waals surface area (Å²) in [6.45, 7) is 12.0. The SMILES string of the molecule is C=C/C(=C\c1c(-c2nc(-c3ccc[nH]c3=O)sc2C)c[nH]c1C)OC.CCC. The molecule has 3 aromatic heterocycles. The standard InChI is InChI=1S/C19H19N3O2S.C3H8/c1-5-13(24-4)9-15-11(2)21-10-16(15)17-12(3)25-19(22-17)14-7-6-8-20-18(14)23;1-3-2/h5-10,21H,1H2,2-4H3,(H,20,23);3H2,1-2H3/b13-9+;. The number of ether oxygens (including phenoxy) is 1. The fraction of sp³-hybridized carbons (Fsp3) is 0.273. The van der Waals surface area contributed by atoms with Crippen molar-refractivity contribution in [1.29, 1.82) is 0 Å². The lowest BCUT2D eigenvalue weighted by atomic mass is 10.1. The van der Waals surface area contributed by atoms with E-state index in [-0.39, 0.29) is 5.56 Å². The number of pyridine rings is 1. The van der Waals surface area contributed by atoms with Gasteiger partial charge in [-0.05, 0) is 38.1 Å². The highest BCUT2D eigenvalue weighted by molar-refractivity contribution is 7.15. The van der Waals surface area contributed by atoms with Crippen LogP contribution in [0, 0.1) is 13.8 Å². The Balaban J connectivity index is 0.000000878. The first-order valence-electron chi connectivity index (χ1n) is 9.18. The quantitative estimate of drug-likeness (QED) is 0.428. The molecule has 0 saturated carbocycles. The fourth-order valence-corrected chi connectivity index (χ4v) is 3.56. The van der Waals surface area contributed by atoms with Gasteiger partial charge in [0.2, 0.25) is 0 Å². The molecule has 6 heteroatoms. The van der Waals surface area contributed by atoms with Gasteiger partial charge in [0, 0.05) is 34.1 Å². The second-order valence-corrected chi connectivity index (χ2v) is 7.44. The third-order valence-electron chi connectivity index (χ3n) is 3.95. The van der Waals surface area contributed by atoms with Gasteiger partial charge in [-0.15, -0.1) is 11.3 Å². The zero-order valence-corrected chi connectivity index (χ0v) is 17.9. The van der Waals surface area contributed by atoms with Gasteiger partial charge in [0.25, 0.3) is 5.56 Å². The van der Waals surface area contributed by atoms with Crippen molar-refractivity contribution < 1.29 is 4.74 Å². The lowest BCUT2D eigenvalue weighted by Gasteiger charge is -2.03.